The van der Waals surface area contributed by atoms with Gasteiger partial charge in [-0.15, -0.1) is 12.4 Å². The summed E-state index contributed by atoms with van der Waals surface area (Å²) in [5.41, 5.74) is 1.60. The number of nitrogens with one attached hydrogen (secondary N) is 2. The third-order valence-corrected chi connectivity index (χ3v) is 7.56. The number of sulfonamides is 1. The number of ether oxygens (including phenoxy) is 1. The first kappa shape index (κ1) is 27.5. The van der Waals surface area contributed by atoms with Gasteiger partial charge in [-0.1, -0.05) is 24.3 Å². The minimum atomic E-state index is -3.81. The zero-order valence-electron chi connectivity index (χ0n) is 18.4. The normalized spacial score (nSPS) is 21.2. The number of rotatable bonds is 9. The Morgan fingerprint density at radius 3 is 2.21 bits per heavy atom. The highest BCUT2D eigenvalue weighted by Crippen LogP contribution is 2.40. The summed E-state index contributed by atoms with van der Waals surface area (Å²) in [4.78, 5) is 0.0874. The monoisotopic (exact) mass is 518 g/mol. The van der Waals surface area contributed by atoms with Crippen LogP contribution in [0.4, 0.5) is 0 Å². The fourth-order valence-corrected chi connectivity index (χ4v) is 5.19. The number of nitrogens with two attached hydrogens (primary N) is 2. The van der Waals surface area contributed by atoms with Gasteiger partial charge in [0, 0.05) is 24.5 Å². The van der Waals surface area contributed by atoms with Crippen molar-refractivity contribution in [3.8, 4) is 5.75 Å². The Bertz CT molecular complexity index is 1130. The van der Waals surface area contributed by atoms with Crippen LogP contribution in [0.3, 0.4) is 0 Å². The number of hydrogen-bond donors (Lipinski definition) is 4. The van der Waals surface area contributed by atoms with Crippen molar-refractivity contribution >= 4 is 32.6 Å². The van der Waals surface area contributed by atoms with Crippen molar-refractivity contribution in [1.29, 1.82) is 0 Å². The summed E-state index contributed by atoms with van der Waals surface area (Å²) in [7, 11) is -5.91. The summed E-state index contributed by atoms with van der Waals surface area (Å²) < 4.78 is 53.7. The Hall–Kier alpha value is -1.73. The fraction of sp³-hybridized carbons (Fsp3) is 0.429. The molecule has 184 valence electrons. The number of hydrogen-bond acceptors (Lipinski definition) is 6. The van der Waals surface area contributed by atoms with E-state index < -0.39 is 20.2 Å². The van der Waals surface area contributed by atoms with Crippen LogP contribution in [0.2, 0.25) is 0 Å². The van der Waals surface area contributed by atoms with Crippen molar-refractivity contribution in [2.24, 2.45) is 10.3 Å². The summed E-state index contributed by atoms with van der Waals surface area (Å²) in [5.74, 6) is 0.723. The van der Waals surface area contributed by atoms with Crippen LogP contribution < -0.4 is 25.1 Å². The molecule has 1 saturated carbocycles. The van der Waals surface area contributed by atoms with Gasteiger partial charge in [0.25, 0.3) is 10.2 Å². The minimum Gasteiger partial charge on any atom is -0.497 e. The van der Waals surface area contributed by atoms with Crippen molar-refractivity contribution in [2.75, 3.05) is 13.7 Å². The molecule has 0 atom stereocenters. The first-order chi connectivity index (χ1) is 15.0. The molecule has 12 heteroatoms. The molecule has 0 heterocycles. The Balaban J connectivity index is 0.00000385. The average molecular weight is 519 g/mol. The second-order valence-corrected chi connectivity index (χ2v) is 11.2. The lowest BCUT2D eigenvalue weighted by Gasteiger charge is -2.41. The first-order valence-corrected chi connectivity index (χ1v) is 13.4. The highest BCUT2D eigenvalue weighted by molar-refractivity contribution is 7.89. The third-order valence-electron chi connectivity index (χ3n) is 6.08. The molecule has 9 nitrogen and oxygen atoms in total. The number of halogens is 1. The van der Waals surface area contributed by atoms with Crippen LogP contribution in [0.25, 0.3) is 0 Å². The molecule has 1 aliphatic carbocycles. The van der Waals surface area contributed by atoms with Gasteiger partial charge in [0.2, 0.25) is 10.0 Å². The van der Waals surface area contributed by atoms with Crippen LogP contribution in [0.5, 0.6) is 5.75 Å². The first-order valence-electron chi connectivity index (χ1n) is 10.3. The van der Waals surface area contributed by atoms with E-state index in [1.807, 2.05) is 24.3 Å². The molecule has 1 fully saturated rings. The molecule has 1 aliphatic rings. The SMILES string of the molecule is COc1cccc([C@]2(CNS(N)(=O)=O)CC[C@H](NCc3ccc(S(N)(=O)=O)cc3)CC2)c1.Cl. The van der Waals surface area contributed by atoms with E-state index in [0.717, 1.165) is 42.6 Å². The molecule has 2 aromatic rings. The van der Waals surface area contributed by atoms with Crippen LogP contribution in [0.1, 0.15) is 36.8 Å². The zero-order valence-corrected chi connectivity index (χ0v) is 20.8. The zero-order chi connectivity index (χ0) is 23.4. The molecule has 0 saturated heterocycles. The van der Waals surface area contributed by atoms with Gasteiger partial charge < -0.3 is 10.1 Å². The topological polar surface area (TPSA) is 154 Å². The fourth-order valence-electron chi connectivity index (χ4n) is 4.19. The van der Waals surface area contributed by atoms with Crippen molar-refractivity contribution in [2.45, 2.75) is 48.6 Å². The highest BCUT2D eigenvalue weighted by atomic mass is 35.5. The van der Waals surface area contributed by atoms with Crippen LogP contribution >= 0.6 is 12.4 Å². The molecule has 0 unspecified atom stereocenters. The predicted molar refractivity (Wildman–Crippen MR) is 130 cm³/mol. The van der Waals surface area contributed by atoms with Gasteiger partial charge in [0.05, 0.1) is 12.0 Å². The minimum absolute atomic E-state index is 0. The van der Waals surface area contributed by atoms with E-state index >= 15 is 0 Å². The van der Waals surface area contributed by atoms with E-state index in [-0.39, 0.29) is 35.3 Å². The van der Waals surface area contributed by atoms with Crippen molar-refractivity contribution in [3.63, 3.8) is 0 Å². The Morgan fingerprint density at radius 2 is 1.67 bits per heavy atom. The Labute approximate surface area is 201 Å². The average Bonchev–Trinajstić information content (AvgIpc) is 2.76. The lowest BCUT2D eigenvalue weighted by atomic mass is 9.68. The van der Waals surface area contributed by atoms with Crippen molar-refractivity contribution < 1.29 is 21.6 Å². The standard InChI is InChI=1S/C21H30N4O5S2.ClH/c1-30-19-4-2-3-17(13-19)21(15-25-32(23,28)29)11-9-18(10-12-21)24-14-16-5-7-20(8-6-16)31(22,26)27;/h2-8,13,18,24-25H,9-12,14-15H2,1H3,(H2,22,26,27)(H2,23,28,29);1H/t18-,21+;. The maximum atomic E-state index is 11.6. The van der Waals surface area contributed by atoms with Gasteiger partial charge in [-0.3, -0.25) is 0 Å². The third kappa shape index (κ3) is 7.64. The number of benzene rings is 2. The Morgan fingerprint density at radius 1 is 1.03 bits per heavy atom. The lowest BCUT2D eigenvalue weighted by Crippen LogP contribution is -2.47. The van der Waals surface area contributed by atoms with Crippen LogP contribution in [-0.2, 0) is 32.2 Å². The van der Waals surface area contributed by atoms with Gasteiger partial charge >= 0.3 is 0 Å². The van der Waals surface area contributed by atoms with Gasteiger partial charge in [-0.25, -0.2) is 23.4 Å². The van der Waals surface area contributed by atoms with Gasteiger partial charge in [-0.2, -0.15) is 8.42 Å². The molecule has 33 heavy (non-hydrogen) atoms. The van der Waals surface area contributed by atoms with E-state index in [4.69, 9.17) is 15.0 Å². The summed E-state index contributed by atoms with van der Waals surface area (Å²) in [6.45, 7) is 0.817. The molecule has 0 spiro atoms. The lowest BCUT2D eigenvalue weighted by molar-refractivity contribution is 0.245. The molecular formula is C21H31ClN4O5S2. The summed E-state index contributed by atoms with van der Waals surface area (Å²) >= 11 is 0. The quantitative estimate of drug-likeness (QED) is 0.394. The van der Waals surface area contributed by atoms with Crippen molar-refractivity contribution in [3.05, 3.63) is 59.7 Å². The molecule has 0 bridgehead atoms. The van der Waals surface area contributed by atoms with Crippen LogP contribution in [-0.4, -0.2) is 36.5 Å². The summed E-state index contributed by atoms with van der Waals surface area (Å²) in [6.07, 6.45) is 3.23. The maximum Gasteiger partial charge on any atom is 0.274 e. The van der Waals surface area contributed by atoms with E-state index in [2.05, 4.69) is 10.0 Å². The molecule has 0 aliphatic heterocycles. The van der Waals surface area contributed by atoms with Gasteiger partial charge in [0.1, 0.15) is 5.75 Å². The van der Waals surface area contributed by atoms with Gasteiger partial charge in [-0.05, 0) is 61.1 Å². The van der Waals surface area contributed by atoms with Gasteiger partial charge in [0.15, 0.2) is 0 Å². The van der Waals surface area contributed by atoms with E-state index in [0.29, 0.717) is 6.54 Å². The Kier molecular flexibility index (Phi) is 9.28. The van der Waals surface area contributed by atoms with Crippen LogP contribution in [0.15, 0.2) is 53.4 Å². The molecule has 3 rings (SSSR count). The molecule has 2 aromatic carbocycles. The predicted octanol–water partition coefficient (Wildman–Crippen LogP) is 1.53. The number of primary sulfonamides is 1. The van der Waals surface area contributed by atoms with E-state index in [9.17, 15) is 16.8 Å². The van der Waals surface area contributed by atoms with Crippen LogP contribution in [0, 0.1) is 0 Å². The smallest absolute Gasteiger partial charge is 0.274 e. The number of methoxy groups -OCH3 is 1. The second kappa shape index (κ2) is 11.1. The molecule has 6 N–H and O–H groups in total. The largest absolute Gasteiger partial charge is 0.497 e. The summed E-state index contributed by atoms with van der Waals surface area (Å²) in [5, 5.41) is 13.9. The maximum absolute atomic E-state index is 11.6. The van der Waals surface area contributed by atoms with Crippen molar-refractivity contribution in [1.82, 2.24) is 10.0 Å². The highest BCUT2D eigenvalue weighted by Gasteiger charge is 2.37. The molecule has 0 amide bonds. The van der Waals surface area contributed by atoms with E-state index in [1.165, 1.54) is 12.1 Å². The second-order valence-electron chi connectivity index (χ2n) is 8.22. The molecule has 0 aromatic heterocycles. The molecular weight excluding hydrogens is 488 g/mol. The van der Waals surface area contributed by atoms with E-state index in [1.54, 1.807) is 19.2 Å². The summed E-state index contributed by atoms with van der Waals surface area (Å²) in [6, 6.07) is 14.4. The molecule has 0 radical (unpaired) electrons.